The number of anilines is 2. The van der Waals surface area contributed by atoms with Crippen molar-refractivity contribution in [1.29, 1.82) is 0 Å². The smallest absolute Gasteiger partial charge is 0.226 e. The maximum absolute atomic E-state index is 11.7. The largest absolute Gasteiger partial charge is 0.380 e. The summed E-state index contributed by atoms with van der Waals surface area (Å²) in [5, 5.41) is 6.31. The number of fused-ring (bicyclic) bond motifs is 1. The van der Waals surface area contributed by atoms with Gasteiger partial charge in [0.2, 0.25) is 5.91 Å². The lowest BCUT2D eigenvalue weighted by Crippen LogP contribution is -2.18. The van der Waals surface area contributed by atoms with Crippen LogP contribution in [0.15, 0.2) is 18.2 Å². The van der Waals surface area contributed by atoms with Gasteiger partial charge < -0.3 is 10.6 Å². The predicted octanol–water partition coefficient (Wildman–Crippen LogP) is 3.13. The van der Waals surface area contributed by atoms with Crippen LogP contribution in [-0.4, -0.2) is 11.9 Å². The number of nitrogens with one attached hydrogen (secondary N) is 2. The summed E-state index contributed by atoms with van der Waals surface area (Å²) < 4.78 is 0. The van der Waals surface area contributed by atoms with Crippen molar-refractivity contribution in [2.45, 2.75) is 45.6 Å². The van der Waals surface area contributed by atoms with Gasteiger partial charge in [-0.2, -0.15) is 0 Å². The Bertz CT molecular complexity index is 446. The van der Waals surface area contributed by atoms with E-state index < -0.39 is 0 Å². The van der Waals surface area contributed by atoms with Crippen molar-refractivity contribution < 1.29 is 4.79 Å². The molecule has 1 aliphatic rings. The summed E-state index contributed by atoms with van der Waals surface area (Å²) in [5.74, 6) is 0.0785. The second-order valence-corrected chi connectivity index (χ2v) is 5.81. The van der Waals surface area contributed by atoms with E-state index in [1.54, 1.807) is 0 Å². The normalized spacial score (nSPS) is 20.0. The Kier molecular flexibility index (Phi) is 2.86. The van der Waals surface area contributed by atoms with Gasteiger partial charge in [-0.15, -0.1) is 0 Å². The van der Waals surface area contributed by atoms with Gasteiger partial charge >= 0.3 is 0 Å². The number of carbonyl (C=O) groups excluding carboxylic acids is 1. The van der Waals surface area contributed by atoms with Gasteiger partial charge in [-0.3, -0.25) is 4.79 Å². The number of carbonyl (C=O) groups is 1. The second kappa shape index (κ2) is 4.06. The first-order chi connectivity index (χ1) is 7.86. The Labute approximate surface area is 103 Å². The number of hydrogen-bond donors (Lipinski definition) is 2. The summed E-state index contributed by atoms with van der Waals surface area (Å²) in [5.41, 5.74) is 3.23. The maximum Gasteiger partial charge on any atom is 0.226 e. The number of hydrogen-bond acceptors (Lipinski definition) is 2. The summed E-state index contributed by atoms with van der Waals surface area (Å²) in [4.78, 5) is 11.7. The standard InChI is InChI=1S/C14H20N2O/c1-9-7-13(17)16-12-8-10(14(2,3)4)5-6-11(12)15-9/h5-6,8-9,15H,7H2,1-4H3,(H,16,17). The molecule has 0 bridgehead atoms. The molecule has 1 aliphatic heterocycles. The third kappa shape index (κ3) is 2.60. The molecule has 1 aromatic carbocycles. The third-order valence-electron chi connectivity index (χ3n) is 3.05. The van der Waals surface area contributed by atoms with Crippen LogP contribution in [0.3, 0.4) is 0 Å². The molecule has 3 nitrogen and oxygen atoms in total. The van der Waals surface area contributed by atoms with Gasteiger partial charge in [-0.1, -0.05) is 26.8 Å². The van der Waals surface area contributed by atoms with Crippen LogP contribution in [0.4, 0.5) is 11.4 Å². The van der Waals surface area contributed by atoms with E-state index in [-0.39, 0.29) is 17.4 Å². The Morgan fingerprint density at radius 1 is 1.24 bits per heavy atom. The molecule has 0 aromatic heterocycles. The average molecular weight is 232 g/mol. The van der Waals surface area contributed by atoms with Crippen LogP contribution in [0, 0.1) is 0 Å². The first-order valence-electron chi connectivity index (χ1n) is 6.07. The zero-order valence-electron chi connectivity index (χ0n) is 10.9. The highest BCUT2D eigenvalue weighted by atomic mass is 16.1. The van der Waals surface area contributed by atoms with Crippen LogP contribution in [0.25, 0.3) is 0 Å². The zero-order valence-corrected chi connectivity index (χ0v) is 10.9. The van der Waals surface area contributed by atoms with Crippen LogP contribution >= 0.6 is 0 Å². The molecule has 0 radical (unpaired) electrons. The SMILES string of the molecule is CC1CC(=O)Nc2cc(C(C)(C)C)ccc2N1. The van der Waals surface area contributed by atoms with Gasteiger partial charge in [-0.25, -0.2) is 0 Å². The molecule has 0 saturated carbocycles. The molecule has 2 N–H and O–H groups in total. The first-order valence-corrected chi connectivity index (χ1v) is 6.07. The lowest BCUT2D eigenvalue weighted by atomic mass is 9.86. The molecule has 17 heavy (non-hydrogen) atoms. The van der Waals surface area contributed by atoms with E-state index in [9.17, 15) is 4.79 Å². The Morgan fingerprint density at radius 3 is 2.59 bits per heavy atom. The number of amides is 1. The molecular weight excluding hydrogens is 212 g/mol. The molecule has 92 valence electrons. The van der Waals surface area contributed by atoms with Crippen molar-refractivity contribution in [3.63, 3.8) is 0 Å². The molecule has 3 heteroatoms. The van der Waals surface area contributed by atoms with Crippen LogP contribution in [-0.2, 0) is 10.2 Å². The molecule has 1 atom stereocenters. The number of rotatable bonds is 0. The fourth-order valence-electron chi connectivity index (χ4n) is 2.04. The van der Waals surface area contributed by atoms with Gasteiger partial charge in [0.15, 0.2) is 0 Å². The fourth-order valence-corrected chi connectivity index (χ4v) is 2.04. The van der Waals surface area contributed by atoms with E-state index >= 15 is 0 Å². The minimum absolute atomic E-state index is 0.0785. The van der Waals surface area contributed by atoms with Gasteiger partial charge in [-0.05, 0) is 30.0 Å². The second-order valence-electron chi connectivity index (χ2n) is 5.81. The maximum atomic E-state index is 11.7. The van der Waals surface area contributed by atoms with Crippen LogP contribution < -0.4 is 10.6 Å². The quantitative estimate of drug-likeness (QED) is 0.721. The van der Waals surface area contributed by atoms with Crippen LogP contribution in [0.5, 0.6) is 0 Å². The highest BCUT2D eigenvalue weighted by molar-refractivity contribution is 5.96. The highest BCUT2D eigenvalue weighted by Crippen LogP contribution is 2.32. The van der Waals surface area contributed by atoms with Crippen molar-refractivity contribution in [3.05, 3.63) is 23.8 Å². The Morgan fingerprint density at radius 2 is 1.94 bits per heavy atom. The van der Waals surface area contributed by atoms with E-state index in [1.807, 2.05) is 6.92 Å². The van der Waals surface area contributed by atoms with Crippen LogP contribution in [0.1, 0.15) is 39.7 Å². The zero-order chi connectivity index (χ0) is 12.6. The van der Waals surface area contributed by atoms with E-state index in [1.165, 1.54) is 5.56 Å². The molecule has 1 amide bonds. The minimum atomic E-state index is 0.0785. The highest BCUT2D eigenvalue weighted by Gasteiger charge is 2.20. The van der Waals surface area contributed by atoms with Crippen LogP contribution in [0.2, 0.25) is 0 Å². The van der Waals surface area contributed by atoms with E-state index in [4.69, 9.17) is 0 Å². The fraction of sp³-hybridized carbons (Fsp3) is 0.500. The molecule has 2 rings (SSSR count). The van der Waals surface area contributed by atoms with Crippen molar-refractivity contribution in [2.24, 2.45) is 0 Å². The predicted molar refractivity (Wildman–Crippen MR) is 71.5 cm³/mol. The van der Waals surface area contributed by atoms with Crippen molar-refractivity contribution in [1.82, 2.24) is 0 Å². The molecule has 0 aliphatic carbocycles. The van der Waals surface area contributed by atoms with Crippen molar-refractivity contribution in [3.8, 4) is 0 Å². The van der Waals surface area contributed by atoms with Crippen molar-refractivity contribution >= 4 is 17.3 Å². The Hall–Kier alpha value is -1.51. The lowest BCUT2D eigenvalue weighted by Gasteiger charge is -2.21. The molecular formula is C14H20N2O. The lowest BCUT2D eigenvalue weighted by molar-refractivity contribution is -0.116. The van der Waals surface area contributed by atoms with Gasteiger partial charge in [0.25, 0.3) is 0 Å². The summed E-state index contributed by atoms with van der Waals surface area (Å²) in [6, 6.07) is 6.42. The molecule has 0 saturated heterocycles. The number of benzene rings is 1. The summed E-state index contributed by atoms with van der Waals surface area (Å²) >= 11 is 0. The topological polar surface area (TPSA) is 41.1 Å². The van der Waals surface area contributed by atoms with Gasteiger partial charge in [0.05, 0.1) is 11.4 Å². The van der Waals surface area contributed by atoms with E-state index in [0.717, 1.165) is 11.4 Å². The summed E-state index contributed by atoms with van der Waals surface area (Å²) in [6.45, 7) is 8.53. The Balaban J connectivity index is 2.41. The monoisotopic (exact) mass is 232 g/mol. The van der Waals surface area contributed by atoms with E-state index in [2.05, 4.69) is 49.6 Å². The minimum Gasteiger partial charge on any atom is -0.380 e. The van der Waals surface area contributed by atoms with Crippen molar-refractivity contribution in [2.75, 3.05) is 10.6 Å². The molecule has 0 spiro atoms. The van der Waals surface area contributed by atoms with Gasteiger partial charge in [0, 0.05) is 12.5 Å². The average Bonchev–Trinajstić information content (AvgIpc) is 2.31. The van der Waals surface area contributed by atoms with E-state index in [0.29, 0.717) is 6.42 Å². The van der Waals surface area contributed by atoms with Gasteiger partial charge in [0.1, 0.15) is 0 Å². The third-order valence-corrected chi connectivity index (χ3v) is 3.05. The summed E-state index contributed by atoms with van der Waals surface area (Å²) in [7, 11) is 0. The molecule has 1 unspecified atom stereocenters. The molecule has 1 heterocycles. The molecule has 1 aromatic rings. The summed E-state index contributed by atoms with van der Waals surface area (Å²) in [6.07, 6.45) is 0.513. The molecule has 0 fully saturated rings. The first kappa shape index (κ1) is 12.0.